The van der Waals surface area contributed by atoms with Crippen molar-refractivity contribution in [2.45, 2.75) is 44.6 Å². The van der Waals surface area contributed by atoms with Crippen LogP contribution >= 0.6 is 0 Å². The van der Waals surface area contributed by atoms with E-state index in [4.69, 9.17) is 0 Å². The van der Waals surface area contributed by atoms with E-state index in [1.807, 2.05) is 12.1 Å². The smallest absolute Gasteiger partial charge is 0.251 e. The van der Waals surface area contributed by atoms with Gasteiger partial charge in [0.25, 0.3) is 5.91 Å². The fraction of sp³-hybridized carbons (Fsp3) is 0.556. The first kappa shape index (κ1) is 16.0. The third kappa shape index (κ3) is 4.79. The summed E-state index contributed by atoms with van der Waals surface area (Å²) in [5, 5.41) is 9.24. The van der Waals surface area contributed by atoms with Gasteiger partial charge >= 0.3 is 0 Å². The van der Waals surface area contributed by atoms with Gasteiger partial charge < -0.3 is 16.0 Å². The Kier molecular flexibility index (Phi) is 5.28. The average Bonchev–Trinajstić information content (AvgIpc) is 3.37. The van der Waals surface area contributed by atoms with Gasteiger partial charge in [0, 0.05) is 24.6 Å². The maximum atomic E-state index is 12.2. The lowest BCUT2D eigenvalue weighted by Crippen LogP contribution is -2.28. The minimum atomic E-state index is -0.0485. The summed E-state index contributed by atoms with van der Waals surface area (Å²) >= 11 is 0. The molecule has 0 saturated heterocycles. The summed E-state index contributed by atoms with van der Waals surface area (Å²) in [6.45, 7) is 2.51. The Morgan fingerprint density at radius 1 is 1.13 bits per heavy atom. The Hall–Kier alpha value is -1.88. The molecular formula is C18H25N3O2. The number of carbonyl (C=O) groups excluding carboxylic acids is 2. The fourth-order valence-corrected chi connectivity index (χ4v) is 2.90. The number of nitrogens with one attached hydrogen (secondary N) is 3. The summed E-state index contributed by atoms with van der Waals surface area (Å²) in [5.74, 6) is 0.0480. The van der Waals surface area contributed by atoms with Crippen LogP contribution in [0.5, 0.6) is 0 Å². The third-order valence-corrected chi connectivity index (χ3v) is 4.42. The van der Waals surface area contributed by atoms with E-state index in [-0.39, 0.29) is 11.8 Å². The van der Waals surface area contributed by atoms with Crippen molar-refractivity contribution in [3.63, 3.8) is 0 Å². The second-order valence-electron chi connectivity index (χ2n) is 6.43. The number of fused-ring (bicyclic) bond motifs is 1. The van der Waals surface area contributed by atoms with Crippen molar-refractivity contribution < 1.29 is 9.59 Å². The quantitative estimate of drug-likeness (QED) is 0.690. The van der Waals surface area contributed by atoms with E-state index in [9.17, 15) is 9.59 Å². The van der Waals surface area contributed by atoms with Crippen molar-refractivity contribution in [2.24, 2.45) is 0 Å². The molecule has 1 fully saturated rings. The summed E-state index contributed by atoms with van der Waals surface area (Å²) in [6, 6.07) is 6.39. The van der Waals surface area contributed by atoms with Gasteiger partial charge in [0.15, 0.2) is 0 Å². The zero-order valence-corrected chi connectivity index (χ0v) is 13.5. The molecule has 0 bridgehead atoms. The molecule has 23 heavy (non-hydrogen) atoms. The average molecular weight is 315 g/mol. The van der Waals surface area contributed by atoms with Crippen molar-refractivity contribution in [3.8, 4) is 0 Å². The third-order valence-electron chi connectivity index (χ3n) is 4.42. The molecular weight excluding hydrogens is 290 g/mol. The Labute approximate surface area is 137 Å². The van der Waals surface area contributed by atoms with Crippen LogP contribution in [-0.2, 0) is 17.6 Å². The van der Waals surface area contributed by atoms with Crippen LogP contribution in [0, 0.1) is 0 Å². The van der Waals surface area contributed by atoms with Gasteiger partial charge in [-0.15, -0.1) is 0 Å². The summed E-state index contributed by atoms with van der Waals surface area (Å²) in [6.07, 6.45) is 5.36. The van der Waals surface area contributed by atoms with E-state index >= 15 is 0 Å². The lowest BCUT2D eigenvalue weighted by molar-refractivity contribution is -0.121. The fourth-order valence-electron chi connectivity index (χ4n) is 2.90. The molecule has 3 N–H and O–H groups in total. The number of amides is 2. The van der Waals surface area contributed by atoms with Crippen molar-refractivity contribution in [1.29, 1.82) is 0 Å². The number of rotatable bonds is 6. The van der Waals surface area contributed by atoms with E-state index < -0.39 is 0 Å². The van der Waals surface area contributed by atoms with Gasteiger partial charge in [0.05, 0.1) is 0 Å². The SMILES string of the molecule is O=C(CCCNC(=O)c1ccc2c(c1)CCNCC2)NC1CC1. The van der Waals surface area contributed by atoms with Crippen LogP contribution in [0.2, 0.25) is 0 Å². The normalized spacial score (nSPS) is 17.0. The van der Waals surface area contributed by atoms with Crippen LogP contribution in [-0.4, -0.2) is 37.5 Å². The number of benzene rings is 1. The van der Waals surface area contributed by atoms with Crippen molar-refractivity contribution in [1.82, 2.24) is 16.0 Å². The molecule has 3 rings (SSSR count). The molecule has 1 saturated carbocycles. The topological polar surface area (TPSA) is 70.2 Å². The lowest BCUT2D eigenvalue weighted by atomic mass is 10.00. The molecule has 0 aromatic heterocycles. The van der Waals surface area contributed by atoms with Crippen molar-refractivity contribution in [3.05, 3.63) is 34.9 Å². The molecule has 0 unspecified atom stereocenters. The molecule has 2 aliphatic rings. The number of hydrogen-bond acceptors (Lipinski definition) is 3. The highest BCUT2D eigenvalue weighted by molar-refractivity contribution is 5.94. The zero-order valence-electron chi connectivity index (χ0n) is 13.5. The lowest BCUT2D eigenvalue weighted by Gasteiger charge is -2.09. The molecule has 124 valence electrons. The minimum Gasteiger partial charge on any atom is -0.353 e. The molecule has 0 atom stereocenters. The van der Waals surface area contributed by atoms with Gasteiger partial charge in [-0.25, -0.2) is 0 Å². The van der Waals surface area contributed by atoms with E-state index in [1.54, 1.807) is 0 Å². The molecule has 5 heteroatoms. The van der Waals surface area contributed by atoms with Crippen LogP contribution in [0.4, 0.5) is 0 Å². The standard InChI is InChI=1S/C18H25N3O2/c22-17(21-16-5-6-16)2-1-9-20-18(23)15-4-3-13-7-10-19-11-8-14(13)12-15/h3-4,12,16,19H,1-2,5-11H2,(H,20,23)(H,21,22). The maximum absolute atomic E-state index is 12.2. The van der Waals surface area contributed by atoms with Crippen molar-refractivity contribution >= 4 is 11.8 Å². The second kappa shape index (κ2) is 7.59. The van der Waals surface area contributed by atoms with Crippen LogP contribution < -0.4 is 16.0 Å². The molecule has 0 spiro atoms. The van der Waals surface area contributed by atoms with Gasteiger partial charge in [0.1, 0.15) is 0 Å². The molecule has 1 aromatic rings. The predicted molar refractivity (Wildman–Crippen MR) is 89.5 cm³/mol. The van der Waals surface area contributed by atoms with Gasteiger partial charge in [-0.05, 0) is 68.5 Å². The highest BCUT2D eigenvalue weighted by atomic mass is 16.2. The summed E-state index contributed by atoms with van der Waals surface area (Å²) in [5.41, 5.74) is 3.32. The van der Waals surface area contributed by atoms with E-state index in [0.717, 1.165) is 38.8 Å². The summed E-state index contributed by atoms with van der Waals surface area (Å²) in [7, 11) is 0. The molecule has 1 aromatic carbocycles. The van der Waals surface area contributed by atoms with Crippen LogP contribution in [0.25, 0.3) is 0 Å². The van der Waals surface area contributed by atoms with Gasteiger partial charge in [-0.2, -0.15) is 0 Å². The van der Waals surface area contributed by atoms with Gasteiger partial charge in [0.2, 0.25) is 5.91 Å². The minimum absolute atomic E-state index is 0.0485. The van der Waals surface area contributed by atoms with E-state index in [1.165, 1.54) is 11.1 Å². The predicted octanol–water partition coefficient (Wildman–Crippen LogP) is 1.16. The molecule has 1 heterocycles. The molecule has 1 aliphatic carbocycles. The molecule has 0 radical (unpaired) electrons. The van der Waals surface area contributed by atoms with E-state index in [0.29, 0.717) is 31.0 Å². The Morgan fingerprint density at radius 2 is 1.91 bits per heavy atom. The van der Waals surface area contributed by atoms with Crippen molar-refractivity contribution in [2.75, 3.05) is 19.6 Å². The number of hydrogen-bond donors (Lipinski definition) is 3. The number of carbonyl (C=O) groups is 2. The largest absolute Gasteiger partial charge is 0.353 e. The second-order valence-corrected chi connectivity index (χ2v) is 6.43. The van der Waals surface area contributed by atoms with Crippen LogP contribution in [0.3, 0.4) is 0 Å². The highest BCUT2D eigenvalue weighted by Crippen LogP contribution is 2.18. The van der Waals surface area contributed by atoms with Gasteiger partial charge in [-0.1, -0.05) is 6.07 Å². The first-order valence-corrected chi connectivity index (χ1v) is 8.62. The molecule has 2 amide bonds. The molecule has 1 aliphatic heterocycles. The Balaban J connectivity index is 1.44. The first-order valence-electron chi connectivity index (χ1n) is 8.62. The maximum Gasteiger partial charge on any atom is 0.251 e. The Morgan fingerprint density at radius 3 is 2.70 bits per heavy atom. The van der Waals surface area contributed by atoms with Crippen LogP contribution in [0.15, 0.2) is 18.2 Å². The van der Waals surface area contributed by atoms with Crippen LogP contribution in [0.1, 0.15) is 47.2 Å². The monoisotopic (exact) mass is 315 g/mol. The van der Waals surface area contributed by atoms with E-state index in [2.05, 4.69) is 22.0 Å². The summed E-state index contributed by atoms with van der Waals surface area (Å²) in [4.78, 5) is 23.8. The highest BCUT2D eigenvalue weighted by Gasteiger charge is 2.22. The molecule has 5 nitrogen and oxygen atoms in total. The Bertz CT molecular complexity index is 582. The zero-order chi connectivity index (χ0) is 16.1. The summed E-state index contributed by atoms with van der Waals surface area (Å²) < 4.78 is 0. The van der Waals surface area contributed by atoms with Gasteiger partial charge in [-0.3, -0.25) is 9.59 Å². The first-order chi connectivity index (χ1) is 11.2.